The Labute approximate surface area is 193 Å². The summed E-state index contributed by atoms with van der Waals surface area (Å²) < 4.78 is 0. The SMILES string of the molecule is CC(N)CC(=O)N1CCC(c2ccc3[nH]c(-c4ccnc5[nH]ncc45)c(C(C)C)c3c2)CC1. The lowest BCUT2D eigenvalue weighted by molar-refractivity contribution is -0.132. The Morgan fingerprint density at radius 3 is 2.70 bits per heavy atom. The third-order valence-electron chi connectivity index (χ3n) is 6.88. The van der Waals surface area contributed by atoms with Crippen LogP contribution in [0.4, 0.5) is 0 Å². The van der Waals surface area contributed by atoms with Crippen LogP contribution in [-0.4, -0.2) is 50.1 Å². The van der Waals surface area contributed by atoms with E-state index >= 15 is 0 Å². The molecule has 7 heteroatoms. The van der Waals surface area contributed by atoms with Gasteiger partial charge >= 0.3 is 0 Å². The molecule has 1 amide bonds. The van der Waals surface area contributed by atoms with Crippen molar-refractivity contribution >= 4 is 27.8 Å². The number of amides is 1. The third-order valence-corrected chi connectivity index (χ3v) is 6.88. The minimum Gasteiger partial charge on any atom is -0.354 e. The molecule has 0 bridgehead atoms. The molecule has 1 atom stereocenters. The van der Waals surface area contributed by atoms with Crippen molar-refractivity contribution in [1.29, 1.82) is 0 Å². The van der Waals surface area contributed by atoms with E-state index in [-0.39, 0.29) is 11.9 Å². The maximum atomic E-state index is 12.4. The van der Waals surface area contributed by atoms with Gasteiger partial charge in [0.1, 0.15) is 0 Å². The second kappa shape index (κ2) is 8.63. The molecule has 4 heterocycles. The van der Waals surface area contributed by atoms with E-state index in [1.807, 2.05) is 24.2 Å². The highest BCUT2D eigenvalue weighted by atomic mass is 16.2. The van der Waals surface area contributed by atoms with E-state index in [0.29, 0.717) is 18.3 Å². The summed E-state index contributed by atoms with van der Waals surface area (Å²) in [4.78, 5) is 22.4. The molecule has 4 N–H and O–H groups in total. The molecule has 0 radical (unpaired) electrons. The van der Waals surface area contributed by atoms with Gasteiger partial charge in [0, 0.05) is 53.6 Å². The maximum absolute atomic E-state index is 12.4. The summed E-state index contributed by atoms with van der Waals surface area (Å²) in [7, 11) is 0. The van der Waals surface area contributed by atoms with Gasteiger partial charge in [0.2, 0.25) is 5.91 Å². The highest BCUT2D eigenvalue weighted by Crippen LogP contribution is 2.39. The van der Waals surface area contributed by atoms with Crippen molar-refractivity contribution in [3.63, 3.8) is 0 Å². The quantitative estimate of drug-likeness (QED) is 0.416. The molecule has 1 fully saturated rings. The highest BCUT2D eigenvalue weighted by molar-refractivity contribution is 5.98. The van der Waals surface area contributed by atoms with Crippen LogP contribution in [0.25, 0.3) is 33.2 Å². The van der Waals surface area contributed by atoms with Crippen LogP contribution in [0.1, 0.15) is 63.0 Å². The maximum Gasteiger partial charge on any atom is 0.224 e. The zero-order valence-corrected chi connectivity index (χ0v) is 19.6. The summed E-state index contributed by atoms with van der Waals surface area (Å²) >= 11 is 0. The Morgan fingerprint density at radius 1 is 1.18 bits per heavy atom. The van der Waals surface area contributed by atoms with Gasteiger partial charge in [0.15, 0.2) is 5.65 Å². The zero-order chi connectivity index (χ0) is 23.1. The van der Waals surface area contributed by atoms with Crippen LogP contribution in [0.5, 0.6) is 0 Å². The van der Waals surface area contributed by atoms with Crippen LogP contribution in [0.15, 0.2) is 36.7 Å². The number of rotatable bonds is 5. The number of nitrogens with one attached hydrogen (secondary N) is 2. The third kappa shape index (κ3) is 4.02. The first kappa shape index (κ1) is 21.6. The number of nitrogens with zero attached hydrogens (tertiary/aromatic N) is 3. The standard InChI is InChI=1S/C26H32N6O/c1-15(2)24-20-13-18(17-7-10-32(11-8-17)23(33)12-16(3)27)4-5-22(20)30-25(24)19-6-9-28-26-21(19)14-29-31-26/h4-6,9,13-17,30H,7-8,10-12,27H2,1-3H3,(H,28,29,31). The largest absolute Gasteiger partial charge is 0.354 e. The molecular weight excluding hydrogens is 412 g/mol. The number of hydrogen-bond acceptors (Lipinski definition) is 4. The summed E-state index contributed by atoms with van der Waals surface area (Å²) in [6.45, 7) is 7.99. The molecule has 0 saturated carbocycles. The highest BCUT2D eigenvalue weighted by Gasteiger charge is 2.25. The van der Waals surface area contributed by atoms with Crippen molar-refractivity contribution in [1.82, 2.24) is 25.1 Å². The van der Waals surface area contributed by atoms with Gasteiger partial charge in [0.05, 0.1) is 11.9 Å². The smallest absolute Gasteiger partial charge is 0.224 e. The van der Waals surface area contributed by atoms with Crippen molar-refractivity contribution in [2.45, 2.75) is 57.9 Å². The molecule has 172 valence electrons. The first-order chi connectivity index (χ1) is 15.9. The molecule has 4 aromatic rings. The lowest BCUT2D eigenvalue weighted by atomic mass is 9.87. The van der Waals surface area contributed by atoms with Crippen LogP contribution in [0.3, 0.4) is 0 Å². The predicted octanol–water partition coefficient (Wildman–Crippen LogP) is 4.67. The van der Waals surface area contributed by atoms with Gasteiger partial charge in [-0.25, -0.2) is 4.98 Å². The monoisotopic (exact) mass is 444 g/mol. The number of fused-ring (bicyclic) bond motifs is 2. The fourth-order valence-corrected chi connectivity index (χ4v) is 5.23. The van der Waals surface area contributed by atoms with Crippen molar-refractivity contribution in [3.05, 3.63) is 47.8 Å². The van der Waals surface area contributed by atoms with Gasteiger partial charge in [0.25, 0.3) is 0 Å². The van der Waals surface area contributed by atoms with Crippen molar-refractivity contribution in [2.24, 2.45) is 5.73 Å². The number of nitrogens with two attached hydrogens (primary N) is 1. The summed E-state index contributed by atoms with van der Waals surface area (Å²) in [5.41, 5.74) is 12.7. The van der Waals surface area contributed by atoms with Crippen molar-refractivity contribution in [3.8, 4) is 11.3 Å². The number of aromatic amines is 2. The molecular formula is C26H32N6O. The molecule has 3 aromatic heterocycles. The zero-order valence-electron chi connectivity index (χ0n) is 19.6. The van der Waals surface area contributed by atoms with Gasteiger partial charge < -0.3 is 15.6 Å². The lowest BCUT2D eigenvalue weighted by Gasteiger charge is -2.32. The van der Waals surface area contributed by atoms with E-state index in [1.54, 1.807) is 0 Å². The van der Waals surface area contributed by atoms with Crippen LogP contribution in [0, 0.1) is 0 Å². The summed E-state index contributed by atoms with van der Waals surface area (Å²) in [6, 6.07) is 8.80. The molecule has 5 rings (SSSR count). The van der Waals surface area contributed by atoms with Gasteiger partial charge in [-0.15, -0.1) is 0 Å². The molecule has 1 aliphatic heterocycles. The number of H-pyrrole nitrogens is 2. The van der Waals surface area contributed by atoms with E-state index in [4.69, 9.17) is 5.73 Å². The number of aromatic nitrogens is 4. The molecule has 1 unspecified atom stereocenters. The number of piperidine rings is 1. The second-order valence-corrected chi connectivity index (χ2v) is 9.70. The Hall–Kier alpha value is -3.19. The minimum absolute atomic E-state index is 0.0847. The van der Waals surface area contributed by atoms with E-state index in [2.05, 4.69) is 58.3 Å². The Balaban J connectivity index is 1.47. The average molecular weight is 445 g/mol. The molecule has 0 spiro atoms. The van der Waals surface area contributed by atoms with E-state index in [0.717, 1.165) is 53.7 Å². The fourth-order valence-electron chi connectivity index (χ4n) is 5.23. The van der Waals surface area contributed by atoms with E-state index in [9.17, 15) is 4.79 Å². The van der Waals surface area contributed by atoms with Gasteiger partial charge in [-0.05, 0) is 60.9 Å². The lowest BCUT2D eigenvalue weighted by Crippen LogP contribution is -2.40. The minimum atomic E-state index is -0.0847. The molecule has 33 heavy (non-hydrogen) atoms. The predicted molar refractivity (Wildman–Crippen MR) is 132 cm³/mol. The van der Waals surface area contributed by atoms with Crippen LogP contribution >= 0.6 is 0 Å². The van der Waals surface area contributed by atoms with Gasteiger partial charge in [-0.3, -0.25) is 9.89 Å². The Bertz CT molecular complexity index is 1290. The van der Waals surface area contributed by atoms with Gasteiger partial charge in [-0.2, -0.15) is 5.10 Å². The number of carbonyl (C=O) groups excluding carboxylic acids is 1. The number of benzene rings is 1. The summed E-state index contributed by atoms with van der Waals surface area (Å²) in [5.74, 6) is 1.00. The molecule has 7 nitrogen and oxygen atoms in total. The van der Waals surface area contributed by atoms with Crippen LogP contribution in [-0.2, 0) is 4.79 Å². The van der Waals surface area contributed by atoms with Crippen molar-refractivity contribution < 1.29 is 4.79 Å². The molecule has 0 aliphatic carbocycles. The van der Waals surface area contributed by atoms with Crippen LogP contribution in [0.2, 0.25) is 0 Å². The van der Waals surface area contributed by atoms with Crippen LogP contribution < -0.4 is 5.73 Å². The molecule has 1 saturated heterocycles. The van der Waals surface area contributed by atoms with Crippen molar-refractivity contribution in [2.75, 3.05) is 13.1 Å². The number of hydrogen-bond donors (Lipinski definition) is 3. The topological polar surface area (TPSA) is 104 Å². The second-order valence-electron chi connectivity index (χ2n) is 9.70. The molecule has 1 aromatic carbocycles. The first-order valence-electron chi connectivity index (χ1n) is 11.9. The fraction of sp³-hybridized carbons (Fsp3) is 0.423. The number of likely N-dealkylation sites (tertiary alicyclic amines) is 1. The average Bonchev–Trinajstić information content (AvgIpc) is 3.42. The Kier molecular flexibility index (Phi) is 5.66. The first-order valence-corrected chi connectivity index (χ1v) is 11.9. The van der Waals surface area contributed by atoms with Gasteiger partial charge in [-0.1, -0.05) is 19.9 Å². The summed E-state index contributed by atoms with van der Waals surface area (Å²) in [6.07, 6.45) is 6.09. The molecule has 1 aliphatic rings. The number of carbonyl (C=O) groups is 1. The van der Waals surface area contributed by atoms with E-state index < -0.39 is 0 Å². The normalized spacial score (nSPS) is 16.2. The summed E-state index contributed by atoms with van der Waals surface area (Å²) in [5, 5.41) is 9.47. The van der Waals surface area contributed by atoms with E-state index in [1.165, 1.54) is 16.5 Å². The number of pyridine rings is 1. The Morgan fingerprint density at radius 2 is 1.97 bits per heavy atom.